The van der Waals surface area contributed by atoms with Crippen LogP contribution in [0.1, 0.15) is 24.2 Å². The Morgan fingerprint density at radius 3 is 2.61 bits per heavy atom. The van der Waals surface area contributed by atoms with Crippen LogP contribution in [0.5, 0.6) is 0 Å². The predicted molar refractivity (Wildman–Crippen MR) is 129 cm³/mol. The number of hydrogen-bond acceptors (Lipinski definition) is 3. The minimum Gasteiger partial charge on any atom is -0.326 e. The van der Waals surface area contributed by atoms with Gasteiger partial charge in [0, 0.05) is 17.9 Å². The number of carbonyl (C=O) groups excluding carboxylic acids is 1. The largest absolute Gasteiger partial charge is 0.326 e. The van der Waals surface area contributed by atoms with Gasteiger partial charge in [0.1, 0.15) is 11.6 Å². The van der Waals surface area contributed by atoms with Gasteiger partial charge in [-0.15, -0.1) is 0 Å². The van der Waals surface area contributed by atoms with Gasteiger partial charge in [-0.05, 0) is 74.8 Å². The van der Waals surface area contributed by atoms with Crippen LogP contribution in [0.15, 0.2) is 72.8 Å². The number of aromatic nitrogens is 2. The van der Waals surface area contributed by atoms with Gasteiger partial charge in [-0.25, -0.2) is 9.37 Å². The number of carbonyl (C=O) groups is 1. The molecule has 5 rings (SSSR count). The molecule has 1 aliphatic rings. The van der Waals surface area contributed by atoms with Crippen molar-refractivity contribution in [1.82, 2.24) is 14.5 Å². The van der Waals surface area contributed by atoms with Gasteiger partial charge in [-0.3, -0.25) is 14.3 Å². The van der Waals surface area contributed by atoms with E-state index in [-0.39, 0.29) is 17.6 Å². The summed E-state index contributed by atoms with van der Waals surface area (Å²) in [5.41, 5.74) is 4.78. The Labute approximate surface area is 192 Å². The van der Waals surface area contributed by atoms with E-state index in [1.165, 1.54) is 17.7 Å². The molecule has 1 saturated heterocycles. The first kappa shape index (κ1) is 21.3. The molecule has 3 aromatic carbocycles. The van der Waals surface area contributed by atoms with E-state index in [9.17, 15) is 9.18 Å². The molecule has 1 N–H and O–H groups in total. The number of benzene rings is 3. The van der Waals surface area contributed by atoms with Crippen LogP contribution >= 0.6 is 0 Å². The van der Waals surface area contributed by atoms with Crippen molar-refractivity contribution in [3.05, 3.63) is 90.0 Å². The SMILES string of the molecule is Cc1ccc(NC(=O)[C@H]2CCCN(Cc3nc4ccccc4n3-c3ccc(F)cc3)C2)cc1. The zero-order valence-electron chi connectivity index (χ0n) is 18.7. The summed E-state index contributed by atoms with van der Waals surface area (Å²) in [4.78, 5) is 20.1. The molecule has 168 valence electrons. The van der Waals surface area contributed by atoms with Crippen molar-refractivity contribution < 1.29 is 9.18 Å². The smallest absolute Gasteiger partial charge is 0.228 e. The van der Waals surface area contributed by atoms with Gasteiger partial charge in [0.05, 0.1) is 23.5 Å². The highest BCUT2D eigenvalue weighted by Gasteiger charge is 2.27. The second kappa shape index (κ2) is 9.16. The second-order valence-corrected chi connectivity index (χ2v) is 8.76. The molecule has 0 spiro atoms. The average Bonchev–Trinajstić information content (AvgIpc) is 3.19. The maximum Gasteiger partial charge on any atom is 0.228 e. The van der Waals surface area contributed by atoms with Gasteiger partial charge in [0.15, 0.2) is 0 Å². The molecule has 4 aromatic rings. The average molecular weight is 443 g/mol. The van der Waals surface area contributed by atoms with Crippen molar-refractivity contribution in [2.24, 2.45) is 5.92 Å². The number of rotatable bonds is 5. The monoisotopic (exact) mass is 442 g/mol. The lowest BCUT2D eigenvalue weighted by Gasteiger charge is -2.31. The van der Waals surface area contributed by atoms with Crippen LogP contribution in [0.3, 0.4) is 0 Å². The van der Waals surface area contributed by atoms with Gasteiger partial charge >= 0.3 is 0 Å². The second-order valence-electron chi connectivity index (χ2n) is 8.76. The Morgan fingerprint density at radius 1 is 1.06 bits per heavy atom. The highest BCUT2D eigenvalue weighted by atomic mass is 19.1. The molecule has 1 amide bonds. The molecular formula is C27H27FN4O. The number of amides is 1. The summed E-state index contributed by atoms with van der Waals surface area (Å²) >= 11 is 0. The van der Waals surface area contributed by atoms with E-state index in [0.717, 1.165) is 47.6 Å². The summed E-state index contributed by atoms with van der Waals surface area (Å²) in [6.45, 7) is 4.26. The molecular weight excluding hydrogens is 415 g/mol. The number of anilines is 1. The zero-order chi connectivity index (χ0) is 22.8. The first-order valence-electron chi connectivity index (χ1n) is 11.4. The highest BCUT2D eigenvalue weighted by molar-refractivity contribution is 5.92. The normalized spacial score (nSPS) is 16.7. The lowest BCUT2D eigenvalue weighted by atomic mass is 9.97. The van der Waals surface area contributed by atoms with Crippen molar-refractivity contribution in [1.29, 1.82) is 0 Å². The Morgan fingerprint density at radius 2 is 1.82 bits per heavy atom. The summed E-state index contributed by atoms with van der Waals surface area (Å²) < 4.78 is 15.6. The molecule has 0 saturated carbocycles. The molecule has 2 heterocycles. The maximum atomic E-state index is 13.5. The number of para-hydroxylation sites is 2. The van der Waals surface area contributed by atoms with E-state index in [1.54, 1.807) is 12.1 Å². The van der Waals surface area contributed by atoms with Crippen LogP contribution in [0.2, 0.25) is 0 Å². The highest BCUT2D eigenvalue weighted by Crippen LogP contribution is 2.25. The number of imidazole rings is 1. The molecule has 6 heteroatoms. The molecule has 1 atom stereocenters. The first-order chi connectivity index (χ1) is 16.1. The zero-order valence-corrected chi connectivity index (χ0v) is 18.7. The van der Waals surface area contributed by atoms with E-state index in [4.69, 9.17) is 4.98 Å². The fourth-order valence-corrected chi connectivity index (χ4v) is 4.55. The molecule has 0 aliphatic carbocycles. The third-order valence-electron chi connectivity index (χ3n) is 6.28. The number of aryl methyl sites for hydroxylation is 1. The number of fused-ring (bicyclic) bond motifs is 1. The van der Waals surface area contributed by atoms with Crippen LogP contribution in [-0.4, -0.2) is 33.4 Å². The fraction of sp³-hybridized carbons (Fsp3) is 0.259. The number of nitrogens with one attached hydrogen (secondary N) is 1. The Kier molecular flexibility index (Phi) is 5.92. The standard InChI is InChI=1S/C27H27FN4O/c1-19-8-12-22(13-9-19)29-27(33)20-5-4-16-31(17-20)18-26-30-24-6-2-3-7-25(24)32(26)23-14-10-21(28)11-15-23/h2-3,6-15,20H,4-5,16-18H2,1H3,(H,29,33)/t20-/m0/s1. The number of nitrogens with zero attached hydrogens (tertiary/aromatic N) is 3. The summed E-state index contributed by atoms with van der Waals surface area (Å²) in [6.07, 6.45) is 1.84. The third kappa shape index (κ3) is 4.66. The summed E-state index contributed by atoms with van der Waals surface area (Å²) in [6, 6.07) is 22.4. The Bertz CT molecular complexity index is 1260. The number of hydrogen-bond donors (Lipinski definition) is 1. The molecule has 0 bridgehead atoms. The summed E-state index contributed by atoms with van der Waals surface area (Å²) in [5, 5.41) is 3.07. The van der Waals surface area contributed by atoms with E-state index >= 15 is 0 Å². The lowest BCUT2D eigenvalue weighted by molar-refractivity contribution is -0.121. The molecule has 33 heavy (non-hydrogen) atoms. The molecule has 1 aliphatic heterocycles. The molecule has 1 fully saturated rings. The van der Waals surface area contributed by atoms with Gasteiger partial charge in [0.2, 0.25) is 5.91 Å². The van der Waals surface area contributed by atoms with Crippen molar-refractivity contribution in [3.63, 3.8) is 0 Å². The van der Waals surface area contributed by atoms with Crippen LogP contribution in [0, 0.1) is 18.7 Å². The van der Waals surface area contributed by atoms with Gasteiger partial charge in [-0.1, -0.05) is 29.8 Å². The molecule has 1 aromatic heterocycles. The van der Waals surface area contributed by atoms with Gasteiger partial charge in [0.25, 0.3) is 0 Å². The Balaban J connectivity index is 1.36. The van der Waals surface area contributed by atoms with Crippen molar-refractivity contribution in [3.8, 4) is 5.69 Å². The summed E-state index contributed by atoms with van der Waals surface area (Å²) in [7, 11) is 0. The van der Waals surface area contributed by atoms with E-state index in [0.29, 0.717) is 13.1 Å². The predicted octanol–water partition coefficient (Wildman–Crippen LogP) is 5.32. The van der Waals surface area contributed by atoms with E-state index < -0.39 is 0 Å². The van der Waals surface area contributed by atoms with Gasteiger partial charge < -0.3 is 5.32 Å². The first-order valence-corrected chi connectivity index (χ1v) is 11.4. The molecule has 0 radical (unpaired) electrons. The minimum absolute atomic E-state index is 0.0654. The number of halogens is 1. The molecule has 5 nitrogen and oxygen atoms in total. The van der Waals surface area contributed by atoms with Crippen molar-refractivity contribution in [2.45, 2.75) is 26.3 Å². The topological polar surface area (TPSA) is 50.2 Å². The van der Waals surface area contributed by atoms with E-state index in [1.807, 2.05) is 55.5 Å². The van der Waals surface area contributed by atoms with Gasteiger partial charge in [-0.2, -0.15) is 0 Å². The minimum atomic E-state index is -0.261. The Hall–Kier alpha value is -3.51. The quantitative estimate of drug-likeness (QED) is 0.455. The van der Waals surface area contributed by atoms with E-state index in [2.05, 4.69) is 14.8 Å². The van der Waals surface area contributed by atoms with Crippen LogP contribution < -0.4 is 5.32 Å². The van der Waals surface area contributed by atoms with Crippen LogP contribution in [0.25, 0.3) is 16.7 Å². The number of likely N-dealkylation sites (tertiary alicyclic amines) is 1. The fourth-order valence-electron chi connectivity index (χ4n) is 4.55. The maximum absolute atomic E-state index is 13.5. The molecule has 0 unspecified atom stereocenters. The number of piperidine rings is 1. The van der Waals surface area contributed by atoms with Crippen LogP contribution in [-0.2, 0) is 11.3 Å². The van der Waals surface area contributed by atoms with Crippen LogP contribution in [0.4, 0.5) is 10.1 Å². The van der Waals surface area contributed by atoms with Crippen molar-refractivity contribution >= 4 is 22.6 Å². The van der Waals surface area contributed by atoms with Crippen molar-refractivity contribution in [2.75, 3.05) is 18.4 Å². The lowest BCUT2D eigenvalue weighted by Crippen LogP contribution is -2.40. The third-order valence-corrected chi connectivity index (χ3v) is 6.28. The summed E-state index contributed by atoms with van der Waals surface area (Å²) in [5.74, 6) is 0.630.